The van der Waals surface area contributed by atoms with E-state index in [2.05, 4.69) is 16.7 Å². The van der Waals surface area contributed by atoms with Crippen LogP contribution in [0, 0.1) is 0 Å². The second-order valence-electron chi connectivity index (χ2n) is 3.77. The molecular weight excluding hydrogens is 216 g/mol. The van der Waals surface area contributed by atoms with Crippen molar-refractivity contribution >= 4 is 0 Å². The molecule has 0 spiro atoms. The summed E-state index contributed by atoms with van der Waals surface area (Å²) < 4.78 is 10.1. The molecule has 0 radical (unpaired) electrons. The van der Waals surface area contributed by atoms with E-state index in [4.69, 9.17) is 9.47 Å². The Labute approximate surface area is 103 Å². The van der Waals surface area contributed by atoms with Crippen LogP contribution in [-0.2, 0) is 11.3 Å². The fourth-order valence-corrected chi connectivity index (χ4v) is 1.49. The summed E-state index contributed by atoms with van der Waals surface area (Å²) in [5.41, 5.74) is 1.24. The van der Waals surface area contributed by atoms with Crippen LogP contribution in [0.1, 0.15) is 5.56 Å². The van der Waals surface area contributed by atoms with Crippen LogP contribution < -0.4 is 15.4 Å². The predicted molar refractivity (Wildman–Crippen MR) is 69.4 cm³/mol. The molecule has 0 saturated carbocycles. The number of hydrogen-bond acceptors (Lipinski definition) is 4. The second-order valence-corrected chi connectivity index (χ2v) is 3.77. The Morgan fingerprint density at radius 1 is 1.06 bits per heavy atom. The highest BCUT2D eigenvalue weighted by Crippen LogP contribution is 2.11. The van der Waals surface area contributed by atoms with Crippen molar-refractivity contribution in [1.29, 1.82) is 0 Å². The minimum Gasteiger partial charge on any atom is -0.497 e. The maximum absolute atomic E-state index is 5.17. The molecule has 17 heavy (non-hydrogen) atoms. The van der Waals surface area contributed by atoms with Gasteiger partial charge >= 0.3 is 0 Å². The summed E-state index contributed by atoms with van der Waals surface area (Å²) in [4.78, 5) is 0. The number of rotatable bonds is 9. The number of methoxy groups -OCH3 is 2. The SMILES string of the molecule is COCCNCCNCc1cccc(OC)c1. The standard InChI is InChI=1S/C13H22N2O2/c1-16-9-8-14-6-7-15-11-12-4-3-5-13(10-12)17-2/h3-5,10,14-15H,6-9,11H2,1-2H3. The average Bonchev–Trinajstić information content (AvgIpc) is 2.38. The van der Waals surface area contributed by atoms with Gasteiger partial charge in [-0.2, -0.15) is 0 Å². The molecule has 0 saturated heterocycles. The summed E-state index contributed by atoms with van der Waals surface area (Å²) in [6.45, 7) is 4.42. The highest BCUT2D eigenvalue weighted by molar-refractivity contribution is 5.28. The molecule has 0 aliphatic carbocycles. The molecule has 96 valence electrons. The van der Waals surface area contributed by atoms with E-state index in [0.29, 0.717) is 0 Å². The Kier molecular flexibility index (Phi) is 7.38. The molecule has 0 aliphatic heterocycles. The Morgan fingerprint density at radius 2 is 1.88 bits per heavy atom. The third kappa shape index (κ3) is 6.26. The van der Waals surface area contributed by atoms with Gasteiger partial charge in [0.15, 0.2) is 0 Å². The molecule has 0 aromatic heterocycles. The fourth-order valence-electron chi connectivity index (χ4n) is 1.49. The molecule has 0 atom stereocenters. The summed E-state index contributed by atoms with van der Waals surface area (Å²) in [7, 11) is 3.40. The molecule has 4 heteroatoms. The summed E-state index contributed by atoms with van der Waals surface area (Å²) in [5, 5.41) is 6.65. The van der Waals surface area contributed by atoms with Gasteiger partial charge in [-0.3, -0.25) is 0 Å². The van der Waals surface area contributed by atoms with E-state index in [0.717, 1.165) is 38.5 Å². The van der Waals surface area contributed by atoms with Crippen molar-refractivity contribution in [3.63, 3.8) is 0 Å². The van der Waals surface area contributed by atoms with Crippen molar-refractivity contribution in [3.05, 3.63) is 29.8 Å². The maximum Gasteiger partial charge on any atom is 0.119 e. The largest absolute Gasteiger partial charge is 0.497 e. The molecular formula is C13H22N2O2. The smallest absolute Gasteiger partial charge is 0.119 e. The van der Waals surface area contributed by atoms with Gasteiger partial charge in [0.25, 0.3) is 0 Å². The first kappa shape index (κ1) is 14.0. The fraction of sp³-hybridized carbons (Fsp3) is 0.538. The third-order valence-electron chi connectivity index (χ3n) is 2.42. The predicted octanol–water partition coefficient (Wildman–Crippen LogP) is 1.02. The van der Waals surface area contributed by atoms with Gasteiger partial charge < -0.3 is 20.1 Å². The van der Waals surface area contributed by atoms with E-state index in [1.165, 1.54) is 5.56 Å². The molecule has 4 nitrogen and oxygen atoms in total. The lowest BCUT2D eigenvalue weighted by Gasteiger charge is -2.07. The Bertz CT molecular complexity index is 305. The van der Waals surface area contributed by atoms with Gasteiger partial charge in [0.2, 0.25) is 0 Å². The van der Waals surface area contributed by atoms with Crippen LogP contribution in [0.25, 0.3) is 0 Å². The van der Waals surface area contributed by atoms with Crippen LogP contribution in [0.4, 0.5) is 0 Å². The highest BCUT2D eigenvalue weighted by Gasteiger charge is 1.95. The van der Waals surface area contributed by atoms with E-state index >= 15 is 0 Å². The van der Waals surface area contributed by atoms with E-state index in [9.17, 15) is 0 Å². The lowest BCUT2D eigenvalue weighted by Crippen LogP contribution is -2.29. The van der Waals surface area contributed by atoms with Crippen LogP contribution in [0.3, 0.4) is 0 Å². The quantitative estimate of drug-likeness (QED) is 0.630. The zero-order valence-electron chi connectivity index (χ0n) is 10.7. The second kappa shape index (κ2) is 8.98. The van der Waals surface area contributed by atoms with E-state index in [-0.39, 0.29) is 0 Å². The monoisotopic (exact) mass is 238 g/mol. The topological polar surface area (TPSA) is 42.5 Å². The van der Waals surface area contributed by atoms with Gasteiger partial charge in [-0.15, -0.1) is 0 Å². The maximum atomic E-state index is 5.17. The van der Waals surface area contributed by atoms with E-state index in [1.807, 2.05) is 18.2 Å². The summed E-state index contributed by atoms with van der Waals surface area (Å²) >= 11 is 0. The van der Waals surface area contributed by atoms with Crippen molar-refractivity contribution in [1.82, 2.24) is 10.6 Å². The number of hydrogen-bond donors (Lipinski definition) is 2. The number of ether oxygens (including phenoxy) is 2. The van der Waals surface area contributed by atoms with Crippen LogP contribution in [0.5, 0.6) is 5.75 Å². The van der Waals surface area contributed by atoms with Crippen molar-refractivity contribution in [2.75, 3.05) is 40.5 Å². The summed E-state index contributed by atoms with van der Waals surface area (Å²) in [5.74, 6) is 0.905. The molecule has 0 heterocycles. The number of benzene rings is 1. The minimum atomic E-state index is 0.760. The molecule has 1 aromatic rings. The average molecular weight is 238 g/mol. The summed E-state index contributed by atoms with van der Waals surface area (Å²) in [6, 6.07) is 8.10. The lowest BCUT2D eigenvalue weighted by molar-refractivity contribution is 0.199. The normalized spacial score (nSPS) is 10.5. The molecule has 0 aliphatic rings. The van der Waals surface area contributed by atoms with Crippen LogP contribution in [-0.4, -0.2) is 40.5 Å². The molecule has 0 unspecified atom stereocenters. The van der Waals surface area contributed by atoms with Gasteiger partial charge in [-0.1, -0.05) is 12.1 Å². The van der Waals surface area contributed by atoms with Crippen LogP contribution >= 0.6 is 0 Å². The molecule has 1 aromatic carbocycles. The first-order chi connectivity index (χ1) is 8.36. The summed E-state index contributed by atoms with van der Waals surface area (Å²) in [6.07, 6.45) is 0. The minimum absolute atomic E-state index is 0.760. The van der Waals surface area contributed by atoms with Gasteiger partial charge in [0, 0.05) is 33.3 Å². The van der Waals surface area contributed by atoms with E-state index in [1.54, 1.807) is 14.2 Å². The van der Waals surface area contributed by atoms with Crippen molar-refractivity contribution in [2.45, 2.75) is 6.54 Å². The first-order valence-electron chi connectivity index (χ1n) is 5.90. The Balaban J connectivity index is 2.09. The molecule has 0 fully saturated rings. The van der Waals surface area contributed by atoms with Crippen LogP contribution in [0.15, 0.2) is 24.3 Å². The van der Waals surface area contributed by atoms with Crippen molar-refractivity contribution in [2.24, 2.45) is 0 Å². The van der Waals surface area contributed by atoms with Gasteiger partial charge in [0.1, 0.15) is 5.75 Å². The van der Waals surface area contributed by atoms with E-state index < -0.39 is 0 Å². The zero-order chi connectivity index (χ0) is 12.3. The van der Waals surface area contributed by atoms with Gasteiger partial charge in [-0.25, -0.2) is 0 Å². The van der Waals surface area contributed by atoms with Gasteiger partial charge in [0.05, 0.1) is 13.7 Å². The Morgan fingerprint density at radius 3 is 2.65 bits per heavy atom. The molecule has 2 N–H and O–H groups in total. The van der Waals surface area contributed by atoms with Crippen LogP contribution in [0.2, 0.25) is 0 Å². The highest BCUT2D eigenvalue weighted by atomic mass is 16.5. The molecule has 1 rings (SSSR count). The van der Waals surface area contributed by atoms with Crippen molar-refractivity contribution < 1.29 is 9.47 Å². The van der Waals surface area contributed by atoms with Gasteiger partial charge in [-0.05, 0) is 17.7 Å². The molecule has 0 amide bonds. The third-order valence-corrected chi connectivity index (χ3v) is 2.42. The lowest BCUT2D eigenvalue weighted by atomic mass is 10.2. The first-order valence-corrected chi connectivity index (χ1v) is 5.90. The Hall–Kier alpha value is -1.10. The number of nitrogens with one attached hydrogen (secondary N) is 2. The molecule has 0 bridgehead atoms. The van der Waals surface area contributed by atoms with Crippen molar-refractivity contribution in [3.8, 4) is 5.75 Å². The zero-order valence-corrected chi connectivity index (χ0v) is 10.7.